The quantitative estimate of drug-likeness (QED) is 0.821. The van der Waals surface area contributed by atoms with Gasteiger partial charge in [-0.1, -0.05) is 26.7 Å². The largest absolute Gasteiger partial charge is 0.493 e. The zero-order valence-corrected chi connectivity index (χ0v) is 10.7. The monoisotopic (exact) mass is 240 g/mol. The van der Waals surface area contributed by atoms with Gasteiger partial charge < -0.3 is 9.84 Å². The van der Waals surface area contributed by atoms with Crippen molar-refractivity contribution in [2.24, 2.45) is 5.92 Å². The van der Waals surface area contributed by atoms with Crippen molar-refractivity contribution in [2.45, 2.75) is 39.7 Å². The van der Waals surface area contributed by atoms with E-state index in [9.17, 15) is 9.50 Å². The minimum Gasteiger partial charge on any atom is -0.493 e. The fourth-order valence-electron chi connectivity index (χ4n) is 1.71. The Kier molecular flexibility index (Phi) is 5.42. The molecule has 0 heterocycles. The number of hydrogen-bond donors (Lipinski definition) is 1. The molecule has 17 heavy (non-hydrogen) atoms. The van der Waals surface area contributed by atoms with Crippen LogP contribution in [-0.2, 0) is 0 Å². The molecule has 0 spiro atoms. The summed E-state index contributed by atoms with van der Waals surface area (Å²) < 4.78 is 18.7. The van der Waals surface area contributed by atoms with Crippen molar-refractivity contribution in [2.75, 3.05) is 6.61 Å². The number of aliphatic hydroxyl groups is 1. The van der Waals surface area contributed by atoms with Crippen molar-refractivity contribution in [3.05, 3.63) is 29.6 Å². The molecule has 0 aromatic heterocycles. The molecule has 0 aliphatic carbocycles. The van der Waals surface area contributed by atoms with Gasteiger partial charge in [0, 0.05) is 5.56 Å². The summed E-state index contributed by atoms with van der Waals surface area (Å²) in [5.74, 6) is 0.728. The van der Waals surface area contributed by atoms with Crippen LogP contribution in [0.15, 0.2) is 18.2 Å². The summed E-state index contributed by atoms with van der Waals surface area (Å²) in [6.07, 6.45) is 1.39. The van der Waals surface area contributed by atoms with Gasteiger partial charge in [0.25, 0.3) is 0 Å². The fourth-order valence-corrected chi connectivity index (χ4v) is 1.71. The molecule has 96 valence electrons. The molecule has 0 aliphatic heterocycles. The highest BCUT2D eigenvalue weighted by atomic mass is 19.1. The van der Waals surface area contributed by atoms with Crippen molar-refractivity contribution in [3.63, 3.8) is 0 Å². The van der Waals surface area contributed by atoms with Gasteiger partial charge in [0.05, 0.1) is 12.7 Å². The van der Waals surface area contributed by atoms with Crippen molar-refractivity contribution >= 4 is 0 Å². The first kappa shape index (κ1) is 14.0. The Morgan fingerprint density at radius 3 is 2.47 bits per heavy atom. The molecular formula is C14H21FO2. The highest BCUT2D eigenvalue weighted by Gasteiger charge is 2.12. The molecule has 1 rings (SSSR count). The molecule has 0 aliphatic rings. The fraction of sp³-hybridized carbons (Fsp3) is 0.571. The molecule has 1 aromatic rings. The van der Waals surface area contributed by atoms with E-state index in [1.54, 1.807) is 13.0 Å². The number of benzene rings is 1. The Bertz CT molecular complexity index is 346. The summed E-state index contributed by atoms with van der Waals surface area (Å²) in [5, 5.41) is 9.56. The van der Waals surface area contributed by atoms with Gasteiger partial charge in [-0.05, 0) is 31.0 Å². The Labute approximate surface area is 102 Å². The summed E-state index contributed by atoms with van der Waals surface area (Å²) in [6, 6.07) is 4.26. The Balaban J connectivity index is 2.76. The second-order valence-corrected chi connectivity index (χ2v) is 4.35. The highest BCUT2D eigenvalue weighted by Crippen LogP contribution is 2.26. The molecule has 1 N–H and O–H groups in total. The van der Waals surface area contributed by atoms with Gasteiger partial charge in [-0.2, -0.15) is 0 Å². The number of aliphatic hydroxyl groups excluding tert-OH is 1. The van der Waals surface area contributed by atoms with Crippen LogP contribution in [-0.4, -0.2) is 11.7 Å². The lowest BCUT2D eigenvalue weighted by molar-refractivity contribution is 0.184. The van der Waals surface area contributed by atoms with Crippen LogP contribution in [0.3, 0.4) is 0 Å². The van der Waals surface area contributed by atoms with Crippen LogP contribution in [0.5, 0.6) is 5.75 Å². The van der Waals surface area contributed by atoms with Crippen LogP contribution < -0.4 is 4.74 Å². The summed E-state index contributed by atoms with van der Waals surface area (Å²) in [5.41, 5.74) is 0.510. The predicted octanol–water partition coefficient (Wildman–Crippen LogP) is 3.69. The van der Waals surface area contributed by atoms with Crippen LogP contribution in [0, 0.1) is 11.7 Å². The van der Waals surface area contributed by atoms with Crippen LogP contribution in [0.4, 0.5) is 4.39 Å². The normalized spacial score (nSPS) is 12.8. The van der Waals surface area contributed by atoms with Crippen molar-refractivity contribution in [3.8, 4) is 5.75 Å². The molecule has 0 fully saturated rings. The van der Waals surface area contributed by atoms with Crippen LogP contribution in [0.25, 0.3) is 0 Å². The maximum absolute atomic E-state index is 13.1. The van der Waals surface area contributed by atoms with E-state index < -0.39 is 6.10 Å². The third kappa shape index (κ3) is 4.00. The lowest BCUT2D eigenvalue weighted by atomic mass is 10.0. The smallest absolute Gasteiger partial charge is 0.125 e. The van der Waals surface area contributed by atoms with E-state index in [0.717, 1.165) is 12.8 Å². The Morgan fingerprint density at radius 2 is 1.94 bits per heavy atom. The number of halogens is 1. The molecule has 1 aromatic carbocycles. The minimum atomic E-state index is -0.720. The second kappa shape index (κ2) is 6.60. The molecular weight excluding hydrogens is 219 g/mol. The molecule has 2 nitrogen and oxygen atoms in total. The molecule has 1 atom stereocenters. The Hall–Kier alpha value is -1.09. The molecule has 0 saturated heterocycles. The second-order valence-electron chi connectivity index (χ2n) is 4.35. The predicted molar refractivity (Wildman–Crippen MR) is 66.6 cm³/mol. The van der Waals surface area contributed by atoms with E-state index in [2.05, 4.69) is 13.8 Å². The van der Waals surface area contributed by atoms with Crippen LogP contribution >= 0.6 is 0 Å². The van der Waals surface area contributed by atoms with Gasteiger partial charge in [-0.25, -0.2) is 4.39 Å². The van der Waals surface area contributed by atoms with E-state index in [4.69, 9.17) is 4.74 Å². The van der Waals surface area contributed by atoms with E-state index in [1.165, 1.54) is 12.1 Å². The maximum Gasteiger partial charge on any atom is 0.125 e. The third-order valence-electron chi connectivity index (χ3n) is 3.05. The van der Waals surface area contributed by atoms with Gasteiger partial charge in [-0.15, -0.1) is 0 Å². The third-order valence-corrected chi connectivity index (χ3v) is 3.05. The number of hydrogen-bond acceptors (Lipinski definition) is 2. The summed E-state index contributed by atoms with van der Waals surface area (Å²) in [6.45, 7) is 6.46. The molecule has 0 bridgehead atoms. The molecule has 1 unspecified atom stereocenters. The van der Waals surface area contributed by atoms with Gasteiger partial charge in [0.1, 0.15) is 11.6 Å². The minimum absolute atomic E-state index is 0.351. The van der Waals surface area contributed by atoms with E-state index in [0.29, 0.717) is 23.8 Å². The summed E-state index contributed by atoms with van der Waals surface area (Å²) in [7, 11) is 0. The van der Waals surface area contributed by atoms with Gasteiger partial charge >= 0.3 is 0 Å². The lowest BCUT2D eigenvalue weighted by Crippen LogP contribution is -2.11. The van der Waals surface area contributed by atoms with Crippen molar-refractivity contribution in [1.29, 1.82) is 0 Å². The van der Waals surface area contributed by atoms with Crippen molar-refractivity contribution < 1.29 is 14.2 Å². The van der Waals surface area contributed by atoms with E-state index >= 15 is 0 Å². The Morgan fingerprint density at radius 1 is 1.29 bits per heavy atom. The average molecular weight is 240 g/mol. The first-order valence-electron chi connectivity index (χ1n) is 6.18. The van der Waals surface area contributed by atoms with Gasteiger partial charge in [-0.3, -0.25) is 0 Å². The zero-order valence-electron chi connectivity index (χ0n) is 10.7. The highest BCUT2D eigenvalue weighted by molar-refractivity contribution is 5.35. The molecule has 3 heteroatoms. The van der Waals surface area contributed by atoms with Crippen molar-refractivity contribution in [1.82, 2.24) is 0 Å². The first-order chi connectivity index (χ1) is 8.08. The van der Waals surface area contributed by atoms with Gasteiger partial charge in [0.2, 0.25) is 0 Å². The molecule has 0 radical (unpaired) electrons. The SMILES string of the molecule is CCC(CC)COc1ccc(F)cc1C(C)O. The maximum atomic E-state index is 13.1. The zero-order chi connectivity index (χ0) is 12.8. The van der Waals surface area contributed by atoms with E-state index in [1.807, 2.05) is 0 Å². The number of ether oxygens (including phenoxy) is 1. The summed E-state index contributed by atoms with van der Waals surface area (Å²) in [4.78, 5) is 0. The average Bonchev–Trinajstić information content (AvgIpc) is 2.31. The number of rotatable bonds is 6. The topological polar surface area (TPSA) is 29.5 Å². The van der Waals surface area contributed by atoms with E-state index in [-0.39, 0.29) is 5.82 Å². The standard InChI is InChI=1S/C14H21FO2/c1-4-11(5-2)9-17-14-7-6-12(15)8-13(14)10(3)16/h6-8,10-11,16H,4-5,9H2,1-3H3. The van der Waals surface area contributed by atoms with Gasteiger partial charge in [0.15, 0.2) is 0 Å². The molecule has 0 saturated carbocycles. The summed E-state index contributed by atoms with van der Waals surface area (Å²) >= 11 is 0. The molecule has 0 amide bonds. The lowest BCUT2D eigenvalue weighted by Gasteiger charge is -2.17. The van der Waals surface area contributed by atoms with Crippen LogP contribution in [0.1, 0.15) is 45.3 Å². The first-order valence-corrected chi connectivity index (χ1v) is 6.18. The van der Waals surface area contributed by atoms with Crippen LogP contribution in [0.2, 0.25) is 0 Å².